The second-order valence-electron chi connectivity index (χ2n) is 8.89. The number of hydrogen-bond donors (Lipinski definition) is 1. The summed E-state index contributed by atoms with van der Waals surface area (Å²) < 4.78 is 11.3. The van der Waals surface area contributed by atoms with Crippen LogP contribution in [0.25, 0.3) is 0 Å². The van der Waals surface area contributed by atoms with Crippen LogP contribution in [0.3, 0.4) is 0 Å². The first-order valence-electron chi connectivity index (χ1n) is 11.7. The highest BCUT2D eigenvalue weighted by atomic mass is 127. The Kier molecular flexibility index (Phi) is 9.28. The van der Waals surface area contributed by atoms with E-state index in [-0.39, 0.29) is 29.4 Å². The molecular formula is C24H39IN4O2. The lowest BCUT2D eigenvalue weighted by molar-refractivity contribution is 0.0195. The van der Waals surface area contributed by atoms with Crippen LogP contribution in [0.1, 0.15) is 44.6 Å². The van der Waals surface area contributed by atoms with E-state index in [0.717, 1.165) is 64.2 Å². The summed E-state index contributed by atoms with van der Waals surface area (Å²) in [5.74, 6) is 2.09. The third-order valence-electron chi connectivity index (χ3n) is 7.13. The molecule has 0 spiro atoms. The van der Waals surface area contributed by atoms with Crippen LogP contribution in [-0.4, -0.2) is 81.4 Å². The van der Waals surface area contributed by atoms with E-state index in [4.69, 9.17) is 14.5 Å². The smallest absolute Gasteiger partial charge is 0.193 e. The van der Waals surface area contributed by atoms with Gasteiger partial charge in [-0.05, 0) is 32.3 Å². The van der Waals surface area contributed by atoms with Crippen molar-refractivity contribution in [2.45, 2.75) is 50.5 Å². The van der Waals surface area contributed by atoms with Crippen molar-refractivity contribution < 1.29 is 9.47 Å². The van der Waals surface area contributed by atoms with Crippen molar-refractivity contribution in [1.82, 2.24) is 15.1 Å². The zero-order valence-electron chi connectivity index (χ0n) is 19.1. The van der Waals surface area contributed by atoms with Crippen LogP contribution in [0.2, 0.25) is 0 Å². The Balaban J connectivity index is 0.00000272. The van der Waals surface area contributed by atoms with Crippen molar-refractivity contribution in [1.29, 1.82) is 0 Å². The molecule has 0 bridgehead atoms. The van der Waals surface area contributed by atoms with Gasteiger partial charge in [0.25, 0.3) is 0 Å². The summed E-state index contributed by atoms with van der Waals surface area (Å²) >= 11 is 0. The van der Waals surface area contributed by atoms with Crippen molar-refractivity contribution in [2.24, 2.45) is 4.99 Å². The van der Waals surface area contributed by atoms with E-state index in [0.29, 0.717) is 6.04 Å². The maximum absolute atomic E-state index is 5.73. The third kappa shape index (κ3) is 5.66. The fourth-order valence-corrected chi connectivity index (χ4v) is 5.47. The molecule has 2 saturated heterocycles. The first kappa shape index (κ1) is 24.6. The van der Waals surface area contributed by atoms with Crippen LogP contribution < -0.4 is 10.1 Å². The van der Waals surface area contributed by atoms with Gasteiger partial charge in [0.1, 0.15) is 5.75 Å². The topological polar surface area (TPSA) is 49.3 Å². The number of aliphatic imine (C=N–C) groups is 1. The van der Waals surface area contributed by atoms with Crippen LogP contribution >= 0.6 is 24.0 Å². The molecule has 1 aromatic rings. The van der Waals surface area contributed by atoms with Crippen molar-refractivity contribution >= 4 is 29.9 Å². The van der Waals surface area contributed by atoms with E-state index in [2.05, 4.69) is 46.3 Å². The minimum absolute atomic E-state index is 0. The minimum atomic E-state index is 0. The molecule has 1 atom stereocenters. The van der Waals surface area contributed by atoms with Gasteiger partial charge < -0.3 is 19.7 Å². The average Bonchev–Trinajstić information content (AvgIpc) is 3.48. The highest BCUT2D eigenvalue weighted by Crippen LogP contribution is 2.45. The number of rotatable bonds is 6. The molecule has 1 aliphatic carbocycles. The Morgan fingerprint density at radius 2 is 1.94 bits per heavy atom. The van der Waals surface area contributed by atoms with Gasteiger partial charge in [0.2, 0.25) is 0 Å². The number of hydrogen-bond acceptors (Lipinski definition) is 4. The molecule has 2 aliphatic heterocycles. The third-order valence-corrected chi connectivity index (χ3v) is 7.13. The van der Waals surface area contributed by atoms with Gasteiger partial charge in [-0.15, -0.1) is 24.0 Å². The van der Waals surface area contributed by atoms with Crippen molar-refractivity contribution in [3.63, 3.8) is 0 Å². The van der Waals surface area contributed by atoms with Crippen LogP contribution in [0.4, 0.5) is 0 Å². The molecule has 0 radical (unpaired) electrons. The summed E-state index contributed by atoms with van der Waals surface area (Å²) in [5.41, 5.74) is 1.42. The van der Waals surface area contributed by atoms with Crippen molar-refractivity contribution in [3.05, 3.63) is 29.8 Å². The number of nitrogens with zero attached hydrogens (tertiary/aromatic N) is 3. The van der Waals surface area contributed by atoms with Crippen LogP contribution in [0, 0.1) is 0 Å². The van der Waals surface area contributed by atoms with Gasteiger partial charge in [-0.3, -0.25) is 9.89 Å². The number of ether oxygens (including phenoxy) is 2. The molecule has 1 saturated carbocycles. The summed E-state index contributed by atoms with van der Waals surface area (Å²) in [6, 6.07) is 9.16. The Labute approximate surface area is 204 Å². The summed E-state index contributed by atoms with van der Waals surface area (Å²) in [6.45, 7) is 9.89. The SMILES string of the molecule is CCNC(=NCC1(c2ccccc2OC)CCCC1)N1CCC(N2CCOCC2)C1.I. The van der Waals surface area contributed by atoms with Gasteiger partial charge >= 0.3 is 0 Å². The predicted octanol–water partition coefficient (Wildman–Crippen LogP) is 3.50. The molecule has 3 aliphatic rings. The number of benzene rings is 1. The van der Waals surface area contributed by atoms with Crippen LogP contribution in [0.15, 0.2) is 29.3 Å². The molecule has 3 fully saturated rings. The lowest BCUT2D eigenvalue weighted by atomic mass is 9.78. The summed E-state index contributed by atoms with van der Waals surface area (Å²) in [4.78, 5) is 10.3. The summed E-state index contributed by atoms with van der Waals surface area (Å²) in [7, 11) is 1.78. The van der Waals surface area contributed by atoms with Gasteiger partial charge in [0, 0.05) is 49.7 Å². The molecule has 1 N–H and O–H groups in total. The molecule has 1 unspecified atom stereocenters. The second kappa shape index (κ2) is 11.7. The number of halogens is 1. The summed E-state index contributed by atoms with van der Waals surface area (Å²) in [5, 5.41) is 3.57. The van der Waals surface area contributed by atoms with E-state index >= 15 is 0 Å². The van der Waals surface area contributed by atoms with Gasteiger partial charge in [0.15, 0.2) is 5.96 Å². The van der Waals surface area contributed by atoms with Gasteiger partial charge in [0.05, 0.1) is 26.9 Å². The second-order valence-corrected chi connectivity index (χ2v) is 8.89. The van der Waals surface area contributed by atoms with E-state index < -0.39 is 0 Å². The average molecular weight is 543 g/mol. The molecular weight excluding hydrogens is 503 g/mol. The number of nitrogens with one attached hydrogen (secondary N) is 1. The molecule has 0 aromatic heterocycles. The number of methoxy groups -OCH3 is 1. The highest BCUT2D eigenvalue weighted by Gasteiger charge is 2.38. The number of likely N-dealkylation sites (tertiary alicyclic amines) is 1. The maximum Gasteiger partial charge on any atom is 0.193 e. The van der Waals surface area contributed by atoms with Crippen molar-refractivity contribution in [2.75, 3.05) is 59.6 Å². The van der Waals surface area contributed by atoms with E-state index in [1.54, 1.807) is 7.11 Å². The highest BCUT2D eigenvalue weighted by molar-refractivity contribution is 14.0. The van der Waals surface area contributed by atoms with E-state index in [1.165, 1.54) is 37.7 Å². The van der Waals surface area contributed by atoms with E-state index in [9.17, 15) is 0 Å². The molecule has 1 aromatic carbocycles. The standard InChI is InChI=1S/C24H38N4O2.HI/c1-3-25-23(28-13-10-20(18-28)27-14-16-30-17-15-27)26-19-24(11-6-7-12-24)21-8-4-5-9-22(21)29-2;/h4-5,8-9,20H,3,6-7,10-19H2,1-2H3,(H,25,26);1H. The zero-order chi connectivity index (χ0) is 20.8. The minimum Gasteiger partial charge on any atom is -0.496 e. The Morgan fingerprint density at radius 1 is 1.19 bits per heavy atom. The lowest BCUT2D eigenvalue weighted by Gasteiger charge is -2.33. The fraction of sp³-hybridized carbons (Fsp3) is 0.708. The monoisotopic (exact) mass is 542 g/mol. The number of para-hydroxylation sites is 1. The first-order valence-corrected chi connectivity index (χ1v) is 11.7. The largest absolute Gasteiger partial charge is 0.496 e. The Bertz CT molecular complexity index is 717. The molecule has 4 rings (SSSR count). The normalized spacial score (nSPS) is 24.1. The Morgan fingerprint density at radius 3 is 2.65 bits per heavy atom. The lowest BCUT2D eigenvalue weighted by Crippen LogP contribution is -2.47. The number of guanidine groups is 1. The summed E-state index contributed by atoms with van der Waals surface area (Å²) in [6.07, 6.45) is 6.13. The van der Waals surface area contributed by atoms with E-state index in [1.807, 2.05) is 0 Å². The molecule has 31 heavy (non-hydrogen) atoms. The number of morpholine rings is 1. The zero-order valence-corrected chi connectivity index (χ0v) is 21.5. The van der Waals surface area contributed by atoms with Crippen molar-refractivity contribution in [3.8, 4) is 5.75 Å². The van der Waals surface area contributed by atoms with Gasteiger partial charge in [-0.1, -0.05) is 31.0 Å². The quantitative estimate of drug-likeness (QED) is 0.339. The van der Waals surface area contributed by atoms with Gasteiger partial charge in [-0.2, -0.15) is 0 Å². The fourth-order valence-electron chi connectivity index (χ4n) is 5.47. The molecule has 0 amide bonds. The molecule has 6 nitrogen and oxygen atoms in total. The maximum atomic E-state index is 5.73. The van der Waals surface area contributed by atoms with Gasteiger partial charge in [-0.25, -0.2) is 0 Å². The first-order chi connectivity index (χ1) is 14.8. The van der Waals surface area contributed by atoms with Crippen LogP contribution in [0.5, 0.6) is 5.75 Å². The Hall–Kier alpha value is -1.06. The van der Waals surface area contributed by atoms with Crippen LogP contribution in [-0.2, 0) is 10.2 Å². The molecule has 174 valence electrons. The molecule has 7 heteroatoms. The molecule has 2 heterocycles. The predicted molar refractivity (Wildman–Crippen MR) is 137 cm³/mol.